The number of benzene rings is 2. The van der Waals surface area contributed by atoms with Crippen LogP contribution in [-0.2, 0) is 6.54 Å². The molecule has 5 rings (SSSR count). The molecule has 8 heteroatoms. The minimum absolute atomic E-state index is 0.0822. The minimum Gasteiger partial charge on any atom is -0.493 e. The van der Waals surface area contributed by atoms with Gasteiger partial charge in [0.15, 0.2) is 5.69 Å². The molecule has 0 atom stereocenters. The monoisotopic (exact) mass is 430 g/mol. The second kappa shape index (κ2) is 7.81. The number of aryl methyl sites for hydroxylation is 1. The standard InChI is InChI=1S/C23H18N4O3S/c1-2-11-27-18-9-5-4-8-15(18)20(21(27)28)25-26-23-24-17(13-31-23)16-12-14-7-3-6-10-19(14)30-22(16)29/h3-10,12-13,28H,2,11H2,1H3. The van der Waals surface area contributed by atoms with Crippen molar-refractivity contribution in [2.24, 2.45) is 10.2 Å². The fourth-order valence-corrected chi connectivity index (χ4v) is 4.22. The summed E-state index contributed by atoms with van der Waals surface area (Å²) in [6, 6.07) is 16.8. The highest BCUT2D eigenvalue weighted by Gasteiger charge is 2.16. The normalized spacial score (nSPS) is 11.8. The SMILES string of the molecule is CCCn1c(O)c(N=Nc2nc(-c3cc4ccccc4oc3=O)cs2)c2ccccc21. The van der Waals surface area contributed by atoms with E-state index in [0.717, 1.165) is 22.7 Å². The van der Waals surface area contributed by atoms with Crippen LogP contribution in [-0.4, -0.2) is 14.7 Å². The third-order valence-electron chi connectivity index (χ3n) is 5.01. The van der Waals surface area contributed by atoms with E-state index >= 15 is 0 Å². The Balaban J connectivity index is 1.52. The molecule has 0 unspecified atom stereocenters. The summed E-state index contributed by atoms with van der Waals surface area (Å²) in [6.07, 6.45) is 0.882. The molecule has 0 fully saturated rings. The summed E-state index contributed by atoms with van der Waals surface area (Å²) in [4.78, 5) is 16.8. The van der Waals surface area contributed by atoms with Crippen LogP contribution in [0.15, 0.2) is 79.4 Å². The van der Waals surface area contributed by atoms with Gasteiger partial charge in [0.1, 0.15) is 5.58 Å². The number of fused-ring (bicyclic) bond motifs is 2. The Morgan fingerprint density at radius 3 is 2.81 bits per heavy atom. The van der Waals surface area contributed by atoms with E-state index in [2.05, 4.69) is 22.1 Å². The Morgan fingerprint density at radius 2 is 1.94 bits per heavy atom. The zero-order valence-corrected chi connectivity index (χ0v) is 17.5. The molecule has 0 saturated carbocycles. The van der Waals surface area contributed by atoms with Crippen molar-refractivity contribution in [3.05, 3.63) is 70.4 Å². The summed E-state index contributed by atoms with van der Waals surface area (Å²) in [6.45, 7) is 2.73. The van der Waals surface area contributed by atoms with Crippen molar-refractivity contribution < 1.29 is 9.52 Å². The second-order valence-corrected chi connectivity index (χ2v) is 7.88. The highest BCUT2D eigenvalue weighted by atomic mass is 32.1. The van der Waals surface area contributed by atoms with Crippen LogP contribution in [0.2, 0.25) is 0 Å². The Bertz CT molecular complexity index is 1500. The van der Waals surface area contributed by atoms with Crippen LogP contribution >= 0.6 is 11.3 Å². The van der Waals surface area contributed by atoms with Gasteiger partial charge in [-0.2, -0.15) is 0 Å². The molecule has 3 heterocycles. The van der Waals surface area contributed by atoms with Crippen molar-refractivity contribution in [1.29, 1.82) is 0 Å². The molecule has 2 aromatic carbocycles. The smallest absolute Gasteiger partial charge is 0.345 e. The summed E-state index contributed by atoms with van der Waals surface area (Å²) in [5, 5.41) is 23.0. The first kappa shape index (κ1) is 19.2. The number of hydrogen-bond donors (Lipinski definition) is 1. The van der Waals surface area contributed by atoms with Crippen LogP contribution in [0.3, 0.4) is 0 Å². The fourth-order valence-electron chi connectivity index (χ4n) is 3.59. The number of aromatic nitrogens is 2. The first-order valence-corrected chi connectivity index (χ1v) is 10.7. The van der Waals surface area contributed by atoms with E-state index in [1.165, 1.54) is 11.3 Å². The lowest BCUT2D eigenvalue weighted by atomic mass is 10.1. The van der Waals surface area contributed by atoms with Gasteiger partial charge in [-0.25, -0.2) is 9.78 Å². The Morgan fingerprint density at radius 1 is 1.13 bits per heavy atom. The fraction of sp³-hybridized carbons (Fsp3) is 0.130. The largest absolute Gasteiger partial charge is 0.493 e. The average molecular weight is 430 g/mol. The zero-order chi connectivity index (χ0) is 21.4. The zero-order valence-electron chi connectivity index (χ0n) is 16.6. The molecule has 7 nitrogen and oxygen atoms in total. The molecular weight excluding hydrogens is 412 g/mol. The summed E-state index contributed by atoms with van der Waals surface area (Å²) in [7, 11) is 0. The van der Waals surface area contributed by atoms with Crippen molar-refractivity contribution in [3.8, 4) is 17.1 Å². The van der Waals surface area contributed by atoms with Crippen LogP contribution in [0.5, 0.6) is 5.88 Å². The van der Waals surface area contributed by atoms with E-state index in [1.807, 2.05) is 47.0 Å². The molecule has 31 heavy (non-hydrogen) atoms. The van der Waals surface area contributed by atoms with E-state index in [4.69, 9.17) is 4.42 Å². The number of hydrogen-bond acceptors (Lipinski definition) is 7. The topological polar surface area (TPSA) is 93.0 Å². The van der Waals surface area contributed by atoms with Crippen molar-refractivity contribution >= 4 is 44.0 Å². The first-order valence-electron chi connectivity index (χ1n) is 9.86. The molecule has 0 saturated heterocycles. The quantitative estimate of drug-likeness (QED) is 0.258. The number of rotatable bonds is 5. The first-order chi connectivity index (χ1) is 15.2. The molecule has 3 aromatic heterocycles. The van der Waals surface area contributed by atoms with Gasteiger partial charge in [-0.15, -0.1) is 21.6 Å². The molecule has 0 amide bonds. The number of nitrogens with zero attached hydrogens (tertiary/aromatic N) is 4. The summed E-state index contributed by atoms with van der Waals surface area (Å²) in [5.41, 5.74) is 2.25. The van der Waals surface area contributed by atoms with Gasteiger partial charge < -0.3 is 14.1 Å². The summed E-state index contributed by atoms with van der Waals surface area (Å²) in [5.74, 6) is 0.0822. The van der Waals surface area contributed by atoms with Gasteiger partial charge in [0.2, 0.25) is 11.0 Å². The highest BCUT2D eigenvalue weighted by molar-refractivity contribution is 7.13. The predicted octanol–water partition coefficient (Wildman–Crippen LogP) is 6.40. The van der Waals surface area contributed by atoms with Crippen LogP contribution in [0.25, 0.3) is 33.1 Å². The predicted molar refractivity (Wildman–Crippen MR) is 122 cm³/mol. The lowest BCUT2D eigenvalue weighted by Gasteiger charge is -2.03. The maximum absolute atomic E-state index is 12.4. The van der Waals surface area contributed by atoms with E-state index in [1.54, 1.807) is 17.5 Å². The Labute approximate surface area is 180 Å². The average Bonchev–Trinajstić information content (AvgIpc) is 3.35. The van der Waals surface area contributed by atoms with Crippen LogP contribution in [0.1, 0.15) is 13.3 Å². The molecule has 5 aromatic rings. The second-order valence-electron chi connectivity index (χ2n) is 7.04. The van der Waals surface area contributed by atoms with Gasteiger partial charge in [-0.05, 0) is 24.6 Å². The Kier molecular flexibility index (Phi) is 4.83. The number of para-hydroxylation sites is 2. The third-order valence-corrected chi connectivity index (χ3v) is 5.73. The van der Waals surface area contributed by atoms with Crippen LogP contribution in [0.4, 0.5) is 10.8 Å². The molecule has 0 aliphatic carbocycles. The molecule has 0 bridgehead atoms. The molecule has 0 aliphatic rings. The molecule has 0 aliphatic heterocycles. The van der Waals surface area contributed by atoms with Crippen LogP contribution in [0, 0.1) is 0 Å². The number of aromatic hydroxyl groups is 1. The minimum atomic E-state index is -0.451. The molecule has 0 spiro atoms. The Hall–Kier alpha value is -3.78. The molecular formula is C23H18N4O3S. The maximum atomic E-state index is 12.4. The van der Waals surface area contributed by atoms with Crippen LogP contribution < -0.4 is 5.63 Å². The van der Waals surface area contributed by atoms with Gasteiger partial charge in [0.05, 0.1) is 16.8 Å². The van der Waals surface area contributed by atoms with Crippen molar-refractivity contribution in [3.63, 3.8) is 0 Å². The van der Waals surface area contributed by atoms with Gasteiger partial charge >= 0.3 is 5.63 Å². The summed E-state index contributed by atoms with van der Waals surface area (Å²) >= 11 is 1.27. The van der Waals surface area contributed by atoms with Gasteiger partial charge in [0, 0.05) is 22.7 Å². The van der Waals surface area contributed by atoms with E-state index in [-0.39, 0.29) is 5.88 Å². The van der Waals surface area contributed by atoms with Crippen molar-refractivity contribution in [2.45, 2.75) is 19.9 Å². The summed E-state index contributed by atoms with van der Waals surface area (Å²) < 4.78 is 7.23. The van der Waals surface area contributed by atoms with Crippen molar-refractivity contribution in [2.75, 3.05) is 0 Å². The van der Waals surface area contributed by atoms with Gasteiger partial charge in [-0.1, -0.05) is 43.3 Å². The van der Waals surface area contributed by atoms with E-state index < -0.39 is 5.63 Å². The van der Waals surface area contributed by atoms with Gasteiger partial charge in [0.25, 0.3) is 0 Å². The lowest BCUT2D eigenvalue weighted by molar-refractivity contribution is 0.421. The van der Waals surface area contributed by atoms with Gasteiger partial charge in [-0.3, -0.25) is 0 Å². The molecule has 1 N–H and O–H groups in total. The highest BCUT2D eigenvalue weighted by Crippen LogP contribution is 2.40. The maximum Gasteiger partial charge on any atom is 0.345 e. The van der Waals surface area contributed by atoms with Crippen molar-refractivity contribution in [1.82, 2.24) is 9.55 Å². The lowest BCUT2D eigenvalue weighted by Crippen LogP contribution is -2.02. The number of thiazole rings is 1. The van der Waals surface area contributed by atoms with E-state index in [9.17, 15) is 9.90 Å². The van der Waals surface area contributed by atoms with E-state index in [0.29, 0.717) is 34.2 Å². The third kappa shape index (κ3) is 3.40. The molecule has 154 valence electrons. The molecule has 0 radical (unpaired) electrons. The number of azo groups is 1.